The Bertz CT molecular complexity index is 634. The van der Waals surface area contributed by atoms with Crippen molar-refractivity contribution in [1.82, 2.24) is 9.55 Å². The minimum atomic E-state index is -3.07. The SMILES string of the molecule is O=c1ccn([C@@H]2O[C@](F)(CO)[C@@H](O)[C@]2(O)CCF)c(=O)[nH]1. The molecule has 1 aliphatic rings. The van der Waals surface area contributed by atoms with Crippen molar-refractivity contribution >= 4 is 0 Å². The minimum Gasteiger partial charge on any atom is -0.390 e. The van der Waals surface area contributed by atoms with Gasteiger partial charge in [0, 0.05) is 18.7 Å². The molecule has 4 N–H and O–H groups in total. The zero-order chi connectivity index (χ0) is 15.8. The number of aromatic amines is 1. The van der Waals surface area contributed by atoms with E-state index in [1.807, 2.05) is 4.98 Å². The monoisotopic (exact) mass is 308 g/mol. The van der Waals surface area contributed by atoms with Gasteiger partial charge in [0.25, 0.3) is 11.4 Å². The predicted octanol–water partition coefficient (Wildman–Crippen LogP) is -1.82. The van der Waals surface area contributed by atoms with Crippen LogP contribution >= 0.6 is 0 Å². The Morgan fingerprint density at radius 2 is 2.14 bits per heavy atom. The van der Waals surface area contributed by atoms with Crippen molar-refractivity contribution in [3.63, 3.8) is 0 Å². The molecule has 1 fully saturated rings. The Balaban J connectivity index is 2.54. The van der Waals surface area contributed by atoms with Crippen molar-refractivity contribution < 1.29 is 28.8 Å². The predicted molar refractivity (Wildman–Crippen MR) is 63.9 cm³/mol. The molecule has 10 heteroatoms. The smallest absolute Gasteiger partial charge is 0.330 e. The van der Waals surface area contributed by atoms with Crippen molar-refractivity contribution in [3.05, 3.63) is 33.1 Å². The summed E-state index contributed by atoms with van der Waals surface area (Å²) in [6, 6.07) is 0.907. The highest BCUT2D eigenvalue weighted by Gasteiger charge is 2.64. The van der Waals surface area contributed by atoms with Crippen LogP contribution < -0.4 is 11.2 Å². The molecule has 0 spiro atoms. The van der Waals surface area contributed by atoms with Gasteiger partial charge < -0.3 is 20.1 Å². The summed E-state index contributed by atoms with van der Waals surface area (Å²) in [5.41, 5.74) is -4.27. The number of H-pyrrole nitrogens is 1. The molecule has 8 nitrogen and oxygen atoms in total. The quantitative estimate of drug-likeness (QED) is 0.519. The van der Waals surface area contributed by atoms with Crippen LogP contribution in [-0.2, 0) is 4.74 Å². The first kappa shape index (κ1) is 15.8. The third-order valence-corrected chi connectivity index (χ3v) is 3.43. The second-order valence-electron chi connectivity index (χ2n) is 4.76. The maximum Gasteiger partial charge on any atom is 0.330 e. The van der Waals surface area contributed by atoms with Crippen molar-refractivity contribution in [2.75, 3.05) is 13.3 Å². The normalized spacial score (nSPS) is 36.0. The standard InChI is InChI=1S/C11H14F2N2O6/c12-3-2-10(20)7(18)11(13,5-16)21-8(10)15-4-1-6(17)14-9(15)19/h1,4,7-8,16,18,20H,2-3,5H2,(H,14,17,19)/t7-,8+,10+,11+/m0/s1. The molecule has 0 aromatic carbocycles. The molecule has 1 saturated heterocycles. The van der Waals surface area contributed by atoms with Crippen LogP contribution in [-0.4, -0.2) is 55.7 Å². The second-order valence-corrected chi connectivity index (χ2v) is 4.76. The van der Waals surface area contributed by atoms with Crippen LogP contribution in [0.3, 0.4) is 0 Å². The molecule has 0 radical (unpaired) electrons. The zero-order valence-corrected chi connectivity index (χ0v) is 10.7. The topological polar surface area (TPSA) is 125 Å². The summed E-state index contributed by atoms with van der Waals surface area (Å²) in [4.78, 5) is 24.5. The Morgan fingerprint density at radius 1 is 1.48 bits per heavy atom. The Hall–Kier alpha value is -1.62. The average Bonchev–Trinajstić information content (AvgIpc) is 2.62. The van der Waals surface area contributed by atoms with Crippen molar-refractivity contribution in [2.24, 2.45) is 0 Å². The van der Waals surface area contributed by atoms with Gasteiger partial charge in [0.05, 0.1) is 6.67 Å². The molecule has 0 saturated carbocycles. The molecular weight excluding hydrogens is 294 g/mol. The second kappa shape index (κ2) is 5.30. The van der Waals surface area contributed by atoms with E-state index in [1.165, 1.54) is 0 Å². The van der Waals surface area contributed by atoms with E-state index in [0.717, 1.165) is 12.3 Å². The average molecular weight is 308 g/mol. The van der Waals surface area contributed by atoms with Gasteiger partial charge in [-0.1, -0.05) is 0 Å². The van der Waals surface area contributed by atoms with Gasteiger partial charge in [0.15, 0.2) is 6.23 Å². The van der Waals surface area contributed by atoms with Gasteiger partial charge in [-0.3, -0.25) is 18.7 Å². The number of aromatic nitrogens is 2. The number of alkyl halides is 2. The number of rotatable bonds is 4. The molecule has 1 aromatic heterocycles. The van der Waals surface area contributed by atoms with Crippen LogP contribution in [0.15, 0.2) is 21.9 Å². The highest BCUT2D eigenvalue weighted by atomic mass is 19.2. The number of nitrogens with zero attached hydrogens (tertiary/aromatic N) is 1. The molecule has 0 unspecified atom stereocenters. The molecule has 2 heterocycles. The summed E-state index contributed by atoms with van der Waals surface area (Å²) in [5.74, 6) is -3.07. The zero-order valence-electron chi connectivity index (χ0n) is 10.7. The van der Waals surface area contributed by atoms with Gasteiger partial charge in [-0.25, -0.2) is 9.18 Å². The maximum absolute atomic E-state index is 14.2. The molecule has 4 atom stereocenters. The lowest BCUT2D eigenvalue weighted by molar-refractivity contribution is -0.207. The largest absolute Gasteiger partial charge is 0.390 e. The Morgan fingerprint density at radius 3 is 2.67 bits per heavy atom. The minimum absolute atomic E-state index is 0.608. The first-order valence-corrected chi connectivity index (χ1v) is 6.04. The van der Waals surface area contributed by atoms with E-state index in [0.29, 0.717) is 4.57 Å². The fourth-order valence-electron chi connectivity index (χ4n) is 2.31. The van der Waals surface area contributed by atoms with Gasteiger partial charge in [-0.15, -0.1) is 0 Å². The summed E-state index contributed by atoms with van der Waals surface area (Å²) in [5, 5.41) is 29.1. The van der Waals surface area contributed by atoms with Gasteiger partial charge in [0.2, 0.25) is 0 Å². The van der Waals surface area contributed by atoms with Crippen LogP contribution in [0.5, 0.6) is 0 Å². The van der Waals surface area contributed by atoms with Crippen LogP contribution in [0.2, 0.25) is 0 Å². The number of nitrogens with one attached hydrogen (secondary N) is 1. The van der Waals surface area contributed by atoms with E-state index in [9.17, 15) is 28.6 Å². The molecule has 2 rings (SSSR count). The molecule has 1 aliphatic heterocycles. The molecule has 1 aromatic rings. The number of hydrogen-bond donors (Lipinski definition) is 4. The molecule has 0 amide bonds. The summed E-state index contributed by atoms with van der Waals surface area (Å²) in [7, 11) is 0. The molecule has 21 heavy (non-hydrogen) atoms. The summed E-state index contributed by atoms with van der Waals surface area (Å²) < 4.78 is 32.2. The van der Waals surface area contributed by atoms with E-state index >= 15 is 0 Å². The Labute approximate surface area is 116 Å². The molecule has 118 valence electrons. The highest BCUT2D eigenvalue weighted by molar-refractivity contribution is 5.06. The van der Waals surface area contributed by atoms with Crippen molar-refractivity contribution in [1.29, 1.82) is 0 Å². The lowest BCUT2D eigenvalue weighted by Gasteiger charge is -2.30. The summed E-state index contributed by atoms with van der Waals surface area (Å²) in [6.07, 6.45) is -3.93. The fourth-order valence-corrected chi connectivity index (χ4v) is 2.31. The van der Waals surface area contributed by atoms with E-state index in [-0.39, 0.29) is 0 Å². The lowest BCUT2D eigenvalue weighted by Crippen LogP contribution is -2.52. The van der Waals surface area contributed by atoms with Gasteiger partial charge in [-0.2, -0.15) is 0 Å². The fraction of sp³-hybridized carbons (Fsp3) is 0.636. The highest BCUT2D eigenvalue weighted by Crippen LogP contribution is 2.46. The van der Waals surface area contributed by atoms with Gasteiger partial charge in [0.1, 0.15) is 18.3 Å². The number of ether oxygens (including phenoxy) is 1. The van der Waals surface area contributed by atoms with E-state index in [2.05, 4.69) is 0 Å². The molecule has 0 aliphatic carbocycles. The van der Waals surface area contributed by atoms with E-state index in [1.54, 1.807) is 0 Å². The molecular formula is C11H14F2N2O6. The van der Waals surface area contributed by atoms with Crippen molar-refractivity contribution in [2.45, 2.75) is 30.2 Å². The lowest BCUT2D eigenvalue weighted by atomic mass is 9.90. The Kier molecular flexibility index (Phi) is 3.97. The first-order chi connectivity index (χ1) is 9.78. The number of halogens is 2. The van der Waals surface area contributed by atoms with E-state index in [4.69, 9.17) is 9.84 Å². The maximum atomic E-state index is 14.2. The van der Waals surface area contributed by atoms with Crippen LogP contribution in [0, 0.1) is 0 Å². The summed E-state index contributed by atoms with van der Waals surface area (Å²) >= 11 is 0. The summed E-state index contributed by atoms with van der Waals surface area (Å²) in [6.45, 7) is -2.44. The van der Waals surface area contributed by atoms with Crippen LogP contribution in [0.4, 0.5) is 8.78 Å². The van der Waals surface area contributed by atoms with E-state index < -0.39 is 54.7 Å². The number of aliphatic hydroxyl groups excluding tert-OH is 2. The van der Waals surface area contributed by atoms with Gasteiger partial charge >= 0.3 is 5.69 Å². The van der Waals surface area contributed by atoms with Gasteiger partial charge in [-0.05, 0) is 0 Å². The third kappa shape index (κ3) is 2.39. The molecule has 0 bridgehead atoms. The third-order valence-electron chi connectivity index (χ3n) is 3.43. The number of aliphatic hydroxyl groups is 3. The van der Waals surface area contributed by atoms with Crippen LogP contribution in [0.1, 0.15) is 12.6 Å². The van der Waals surface area contributed by atoms with Crippen molar-refractivity contribution in [3.8, 4) is 0 Å². The van der Waals surface area contributed by atoms with Crippen LogP contribution in [0.25, 0.3) is 0 Å². The first-order valence-electron chi connectivity index (χ1n) is 6.04. The number of hydrogen-bond acceptors (Lipinski definition) is 6.